The van der Waals surface area contributed by atoms with Crippen LogP contribution >= 0.6 is 0 Å². The molecule has 0 atom stereocenters. The van der Waals surface area contributed by atoms with E-state index in [0.29, 0.717) is 0 Å². The summed E-state index contributed by atoms with van der Waals surface area (Å²) in [5.41, 5.74) is 7.87. The Labute approximate surface area is 102 Å². The topological polar surface area (TPSA) is 49.6 Å². The molecule has 0 radical (unpaired) electrons. The van der Waals surface area contributed by atoms with Crippen molar-refractivity contribution in [1.82, 2.24) is 9.80 Å². The third-order valence-electron chi connectivity index (χ3n) is 3.17. The highest BCUT2D eigenvalue weighted by molar-refractivity contribution is 5.72. The molecule has 0 unspecified atom stereocenters. The molecule has 2 amide bonds. The molecule has 2 rings (SSSR count). The van der Waals surface area contributed by atoms with Gasteiger partial charge in [-0.1, -0.05) is 29.8 Å². The van der Waals surface area contributed by atoms with Gasteiger partial charge in [0.05, 0.1) is 0 Å². The Hall–Kier alpha value is -1.55. The second-order valence-electron chi connectivity index (χ2n) is 4.59. The van der Waals surface area contributed by atoms with Crippen LogP contribution in [0.15, 0.2) is 24.3 Å². The summed E-state index contributed by atoms with van der Waals surface area (Å²) in [6.07, 6.45) is 0. The van der Waals surface area contributed by atoms with Crippen LogP contribution in [0.4, 0.5) is 4.79 Å². The lowest BCUT2D eigenvalue weighted by Crippen LogP contribution is -2.50. The number of nitrogens with zero attached hydrogens (tertiary/aromatic N) is 2. The number of rotatable bonds is 2. The van der Waals surface area contributed by atoms with Gasteiger partial charge in [-0.3, -0.25) is 4.90 Å². The Balaban J connectivity index is 1.88. The summed E-state index contributed by atoms with van der Waals surface area (Å²) < 4.78 is 0. The third kappa shape index (κ3) is 3.20. The van der Waals surface area contributed by atoms with Crippen LogP contribution in [0.5, 0.6) is 0 Å². The van der Waals surface area contributed by atoms with E-state index in [4.69, 9.17) is 5.73 Å². The van der Waals surface area contributed by atoms with E-state index in [1.807, 2.05) is 0 Å². The van der Waals surface area contributed by atoms with Gasteiger partial charge in [0.15, 0.2) is 0 Å². The van der Waals surface area contributed by atoms with Gasteiger partial charge in [-0.25, -0.2) is 4.79 Å². The summed E-state index contributed by atoms with van der Waals surface area (Å²) >= 11 is 0. The average molecular weight is 233 g/mol. The summed E-state index contributed by atoms with van der Waals surface area (Å²) in [7, 11) is 0. The van der Waals surface area contributed by atoms with Crippen molar-refractivity contribution >= 4 is 6.03 Å². The van der Waals surface area contributed by atoms with Crippen molar-refractivity contribution in [3.05, 3.63) is 35.4 Å². The van der Waals surface area contributed by atoms with E-state index in [9.17, 15) is 4.79 Å². The van der Waals surface area contributed by atoms with Crippen LogP contribution in [0.1, 0.15) is 11.1 Å². The van der Waals surface area contributed by atoms with Gasteiger partial charge < -0.3 is 10.6 Å². The van der Waals surface area contributed by atoms with E-state index in [1.54, 1.807) is 4.90 Å². The Morgan fingerprint density at radius 1 is 1.29 bits per heavy atom. The minimum Gasteiger partial charge on any atom is -0.351 e. The first kappa shape index (κ1) is 11.9. The number of benzene rings is 1. The molecule has 4 heteroatoms. The number of carbonyl (C=O) groups is 1. The van der Waals surface area contributed by atoms with E-state index in [1.165, 1.54) is 11.1 Å². The number of urea groups is 1. The molecule has 1 aliphatic heterocycles. The maximum absolute atomic E-state index is 11.0. The van der Waals surface area contributed by atoms with Crippen molar-refractivity contribution in [2.24, 2.45) is 5.73 Å². The monoisotopic (exact) mass is 233 g/mol. The Morgan fingerprint density at radius 3 is 2.59 bits per heavy atom. The largest absolute Gasteiger partial charge is 0.351 e. The van der Waals surface area contributed by atoms with Gasteiger partial charge in [0.2, 0.25) is 0 Å². The Kier molecular flexibility index (Phi) is 3.64. The van der Waals surface area contributed by atoms with Crippen molar-refractivity contribution in [3.63, 3.8) is 0 Å². The van der Waals surface area contributed by atoms with Gasteiger partial charge in [0.25, 0.3) is 0 Å². The fraction of sp³-hybridized carbons (Fsp3) is 0.462. The second kappa shape index (κ2) is 5.19. The summed E-state index contributed by atoms with van der Waals surface area (Å²) in [6, 6.07) is 8.24. The molecule has 2 N–H and O–H groups in total. The van der Waals surface area contributed by atoms with E-state index in [0.717, 1.165) is 32.7 Å². The van der Waals surface area contributed by atoms with Crippen molar-refractivity contribution < 1.29 is 4.79 Å². The van der Waals surface area contributed by atoms with E-state index in [-0.39, 0.29) is 6.03 Å². The fourth-order valence-electron chi connectivity index (χ4n) is 2.20. The minimum atomic E-state index is -0.305. The highest BCUT2D eigenvalue weighted by Crippen LogP contribution is 2.10. The minimum absolute atomic E-state index is 0.305. The molecular weight excluding hydrogens is 214 g/mol. The molecule has 1 aromatic rings. The lowest BCUT2D eigenvalue weighted by atomic mass is 10.1. The maximum atomic E-state index is 11.0. The molecule has 0 bridgehead atoms. The third-order valence-corrected chi connectivity index (χ3v) is 3.17. The molecular formula is C13H19N3O. The first-order valence-electron chi connectivity index (χ1n) is 5.97. The smallest absolute Gasteiger partial charge is 0.314 e. The highest BCUT2D eigenvalue weighted by Gasteiger charge is 2.18. The molecule has 0 spiro atoms. The van der Waals surface area contributed by atoms with Gasteiger partial charge in [0, 0.05) is 32.7 Å². The van der Waals surface area contributed by atoms with Gasteiger partial charge in [-0.15, -0.1) is 0 Å². The van der Waals surface area contributed by atoms with E-state index in [2.05, 4.69) is 36.1 Å². The van der Waals surface area contributed by atoms with Gasteiger partial charge in [-0.05, 0) is 12.5 Å². The quantitative estimate of drug-likeness (QED) is 0.834. The van der Waals surface area contributed by atoms with E-state index >= 15 is 0 Å². The van der Waals surface area contributed by atoms with Crippen LogP contribution in [0, 0.1) is 6.92 Å². The van der Waals surface area contributed by atoms with Gasteiger partial charge in [0.1, 0.15) is 0 Å². The zero-order valence-corrected chi connectivity index (χ0v) is 10.2. The van der Waals surface area contributed by atoms with Crippen molar-refractivity contribution in [2.75, 3.05) is 26.2 Å². The summed E-state index contributed by atoms with van der Waals surface area (Å²) in [4.78, 5) is 15.1. The molecule has 1 fully saturated rings. The lowest BCUT2D eigenvalue weighted by Gasteiger charge is -2.33. The van der Waals surface area contributed by atoms with Gasteiger partial charge in [-0.2, -0.15) is 0 Å². The normalized spacial score (nSPS) is 17.1. The molecule has 92 valence electrons. The summed E-state index contributed by atoms with van der Waals surface area (Å²) in [5, 5.41) is 0. The molecule has 17 heavy (non-hydrogen) atoms. The molecule has 0 aliphatic carbocycles. The SMILES string of the molecule is Cc1cccc(CN2CCN(C(N)=O)CC2)c1. The Morgan fingerprint density at radius 2 is 2.00 bits per heavy atom. The molecule has 4 nitrogen and oxygen atoms in total. The zero-order valence-electron chi connectivity index (χ0n) is 10.2. The first-order chi connectivity index (χ1) is 8.15. The number of hydrogen-bond acceptors (Lipinski definition) is 2. The van der Waals surface area contributed by atoms with Crippen molar-refractivity contribution in [1.29, 1.82) is 0 Å². The highest BCUT2D eigenvalue weighted by atomic mass is 16.2. The van der Waals surface area contributed by atoms with Crippen LogP contribution in [0.25, 0.3) is 0 Å². The molecule has 1 saturated heterocycles. The number of primary amides is 1. The molecule has 1 heterocycles. The van der Waals surface area contributed by atoms with Crippen LogP contribution in [0.3, 0.4) is 0 Å². The maximum Gasteiger partial charge on any atom is 0.314 e. The molecule has 1 aliphatic rings. The summed E-state index contributed by atoms with van der Waals surface area (Å²) in [6.45, 7) is 6.33. The van der Waals surface area contributed by atoms with E-state index < -0.39 is 0 Å². The molecule has 0 aromatic heterocycles. The number of aryl methyl sites for hydroxylation is 1. The molecule has 0 saturated carbocycles. The number of amides is 2. The number of carbonyl (C=O) groups excluding carboxylic acids is 1. The van der Waals surface area contributed by atoms with Crippen LogP contribution < -0.4 is 5.73 Å². The number of nitrogens with two attached hydrogens (primary N) is 1. The lowest BCUT2D eigenvalue weighted by molar-refractivity contribution is 0.140. The van der Waals surface area contributed by atoms with Crippen LogP contribution in [0.2, 0.25) is 0 Å². The summed E-state index contributed by atoms with van der Waals surface area (Å²) in [5.74, 6) is 0. The molecule has 1 aromatic carbocycles. The van der Waals surface area contributed by atoms with Crippen LogP contribution in [-0.2, 0) is 6.54 Å². The predicted octanol–water partition coefficient (Wildman–Crippen LogP) is 1.19. The average Bonchev–Trinajstić information content (AvgIpc) is 2.29. The first-order valence-corrected chi connectivity index (χ1v) is 5.97. The number of piperazine rings is 1. The van der Waals surface area contributed by atoms with Crippen LogP contribution in [-0.4, -0.2) is 42.0 Å². The fourth-order valence-corrected chi connectivity index (χ4v) is 2.20. The van der Waals surface area contributed by atoms with Gasteiger partial charge >= 0.3 is 6.03 Å². The zero-order chi connectivity index (χ0) is 12.3. The number of hydrogen-bond donors (Lipinski definition) is 1. The van der Waals surface area contributed by atoms with Crippen molar-refractivity contribution in [2.45, 2.75) is 13.5 Å². The second-order valence-corrected chi connectivity index (χ2v) is 4.59. The predicted molar refractivity (Wildman–Crippen MR) is 67.6 cm³/mol. The standard InChI is InChI=1S/C13H19N3O/c1-11-3-2-4-12(9-11)10-15-5-7-16(8-6-15)13(14)17/h2-4,9H,5-8,10H2,1H3,(H2,14,17). The van der Waals surface area contributed by atoms with Crippen molar-refractivity contribution in [3.8, 4) is 0 Å². The Bertz CT molecular complexity index is 397.